The van der Waals surface area contributed by atoms with Gasteiger partial charge in [0.15, 0.2) is 0 Å². The van der Waals surface area contributed by atoms with Gasteiger partial charge in [-0.15, -0.1) is 0 Å². The van der Waals surface area contributed by atoms with E-state index in [1.165, 1.54) is 43.5 Å². The zero-order valence-electron chi connectivity index (χ0n) is 13.4. The highest BCUT2D eigenvalue weighted by atomic mass is 35.5. The number of benzene rings is 2. The van der Waals surface area contributed by atoms with E-state index in [-0.39, 0.29) is 16.3 Å². The molecule has 2 rings (SSSR count). The lowest BCUT2D eigenvalue weighted by atomic mass is 10.0. The van der Waals surface area contributed by atoms with Crippen LogP contribution in [0.4, 0.5) is 18.9 Å². The largest absolute Gasteiger partial charge is 0.506 e. The van der Waals surface area contributed by atoms with Gasteiger partial charge in [-0.3, -0.25) is 9.79 Å². The summed E-state index contributed by atoms with van der Waals surface area (Å²) in [6.45, 7) is 0. The first-order valence-electron chi connectivity index (χ1n) is 7.22. The van der Waals surface area contributed by atoms with Crippen molar-refractivity contribution >= 4 is 35.0 Å². The lowest BCUT2D eigenvalue weighted by molar-refractivity contribution is -0.165. The number of methoxy groups -OCH3 is 1. The lowest BCUT2D eigenvalue weighted by Gasteiger charge is -2.10. The molecule has 0 unspecified atom stereocenters. The number of ketones is 1. The highest BCUT2D eigenvalue weighted by molar-refractivity contribution is 6.33. The predicted octanol–water partition coefficient (Wildman–Crippen LogP) is 5.15. The number of allylic oxidation sites excluding steroid dienone is 1. The number of alkyl halides is 3. The molecule has 0 spiro atoms. The van der Waals surface area contributed by atoms with Crippen molar-refractivity contribution in [3.05, 3.63) is 64.7 Å². The van der Waals surface area contributed by atoms with Crippen LogP contribution in [-0.2, 0) is 4.79 Å². The number of hydrogen-bond acceptors (Lipinski definition) is 4. The smallest absolute Gasteiger partial charge is 0.455 e. The van der Waals surface area contributed by atoms with E-state index in [1.807, 2.05) is 0 Å². The monoisotopic (exact) mass is 383 g/mol. The average molecular weight is 384 g/mol. The number of rotatable bonds is 5. The molecule has 0 saturated heterocycles. The summed E-state index contributed by atoms with van der Waals surface area (Å²) in [5, 5.41) is 10.4. The molecule has 0 atom stereocenters. The van der Waals surface area contributed by atoms with Crippen molar-refractivity contribution in [3.8, 4) is 5.75 Å². The quantitative estimate of drug-likeness (QED) is 0.441. The Morgan fingerprint density at radius 1 is 1.15 bits per heavy atom. The Labute approximate surface area is 152 Å². The van der Waals surface area contributed by atoms with Gasteiger partial charge in [0.1, 0.15) is 11.5 Å². The molecule has 0 bridgehead atoms. The molecule has 136 valence electrons. The van der Waals surface area contributed by atoms with Gasteiger partial charge in [-0.25, -0.2) is 0 Å². The summed E-state index contributed by atoms with van der Waals surface area (Å²) < 4.78 is 43.6. The standard InChI is InChI=1S/C18H13ClF3NO3/c1-26-12-8-6-11(7-9-12)16(24)13(17(25)18(20,21)22)10-23-15-5-3-2-4-14(15)19/h2-10,24H,1H3. The molecule has 0 aliphatic heterocycles. The van der Waals surface area contributed by atoms with Gasteiger partial charge in [0.2, 0.25) is 0 Å². The maximum atomic E-state index is 12.9. The van der Waals surface area contributed by atoms with Gasteiger partial charge in [0, 0.05) is 11.8 Å². The molecule has 0 saturated carbocycles. The molecular weight excluding hydrogens is 371 g/mol. The Balaban J connectivity index is 2.52. The first-order chi connectivity index (χ1) is 12.2. The number of aliphatic imine (C=N–C) groups is 1. The summed E-state index contributed by atoms with van der Waals surface area (Å²) in [4.78, 5) is 15.5. The van der Waals surface area contributed by atoms with Crippen LogP contribution in [0.2, 0.25) is 5.02 Å². The van der Waals surface area contributed by atoms with Crippen LogP contribution in [-0.4, -0.2) is 30.4 Å². The minimum absolute atomic E-state index is 0.00371. The van der Waals surface area contributed by atoms with Gasteiger partial charge in [-0.1, -0.05) is 23.7 Å². The third kappa shape index (κ3) is 4.64. The molecule has 2 aromatic carbocycles. The molecule has 0 aromatic heterocycles. The van der Waals surface area contributed by atoms with Gasteiger partial charge in [-0.2, -0.15) is 13.2 Å². The second kappa shape index (κ2) is 8.05. The number of ether oxygens (including phenoxy) is 1. The van der Waals surface area contributed by atoms with E-state index in [4.69, 9.17) is 16.3 Å². The van der Waals surface area contributed by atoms with Crippen molar-refractivity contribution < 1.29 is 27.8 Å². The SMILES string of the molecule is COc1ccc(C(O)=C(C=Nc2ccccc2Cl)C(=O)C(F)(F)F)cc1. The van der Waals surface area contributed by atoms with Crippen molar-refractivity contribution in [2.45, 2.75) is 6.18 Å². The minimum atomic E-state index is -5.18. The second-order valence-electron chi connectivity index (χ2n) is 5.03. The number of aliphatic hydroxyl groups excluding tert-OH is 1. The van der Waals surface area contributed by atoms with Crippen molar-refractivity contribution in [2.24, 2.45) is 4.99 Å². The predicted molar refractivity (Wildman–Crippen MR) is 93.2 cm³/mol. The number of hydrogen-bond donors (Lipinski definition) is 1. The van der Waals surface area contributed by atoms with Crippen molar-refractivity contribution in [2.75, 3.05) is 7.11 Å². The van der Waals surface area contributed by atoms with Crippen LogP contribution in [0, 0.1) is 0 Å². The Morgan fingerprint density at radius 2 is 1.77 bits per heavy atom. The molecule has 8 heteroatoms. The third-order valence-electron chi connectivity index (χ3n) is 3.31. The van der Waals surface area contributed by atoms with Gasteiger partial charge >= 0.3 is 6.18 Å². The van der Waals surface area contributed by atoms with Crippen LogP contribution >= 0.6 is 11.6 Å². The normalized spacial score (nSPS) is 12.8. The summed E-state index contributed by atoms with van der Waals surface area (Å²) >= 11 is 5.89. The van der Waals surface area contributed by atoms with Gasteiger partial charge in [0.05, 0.1) is 23.4 Å². The second-order valence-corrected chi connectivity index (χ2v) is 5.43. The van der Waals surface area contributed by atoms with Gasteiger partial charge in [-0.05, 0) is 36.4 Å². The number of para-hydroxylation sites is 1. The van der Waals surface area contributed by atoms with E-state index < -0.39 is 23.3 Å². The summed E-state index contributed by atoms with van der Waals surface area (Å²) in [5.74, 6) is -2.64. The summed E-state index contributed by atoms with van der Waals surface area (Å²) in [7, 11) is 1.42. The first-order valence-corrected chi connectivity index (χ1v) is 7.59. The zero-order chi connectivity index (χ0) is 19.3. The van der Waals surface area contributed by atoms with Crippen molar-refractivity contribution in [1.29, 1.82) is 0 Å². The number of nitrogens with zero attached hydrogens (tertiary/aromatic N) is 1. The average Bonchev–Trinajstić information content (AvgIpc) is 2.62. The van der Waals surface area contributed by atoms with Crippen LogP contribution in [0.3, 0.4) is 0 Å². The van der Waals surface area contributed by atoms with E-state index in [0.717, 1.165) is 0 Å². The number of aliphatic hydroxyl groups is 1. The van der Waals surface area contributed by atoms with E-state index >= 15 is 0 Å². The fourth-order valence-corrected chi connectivity index (χ4v) is 2.16. The molecular formula is C18H13ClF3NO3. The minimum Gasteiger partial charge on any atom is -0.506 e. The van der Waals surface area contributed by atoms with E-state index in [9.17, 15) is 23.1 Å². The number of Topliss-reactive ketones (excluding diaryl/α,β-unsaturated/α-hetero) is 1. The Hall–Kier alpha value is -2.80. The van der Waals surface area contributed by atoms with E-state index in [2.05, 4.69) is 4.99 Å². The van der Waals surface area contributed by atoms with Crippen LogP contribution < -0.4 is 4.74 Å². The maximum absolute atomic E-state index is 12.9. The molecule has 0 aliphatic rings. The Bertz CT molecular complexity index is 859. The highest BCUT2D eigenvalue weighted by Gasteiger charge is 2.41. The maximum Gasteiger partial charge on any atom is 0.455 e. The third-order valence-corrected chi connectivity index (χ3v) is 3.63. The molecule has 0 heterocycles. The summed E-state index contributed by atoms with van der Waals surface area (Å²) in [6, 6.07) is 11.7. The van der Waals surface area contributed by atoms with E-state index in [1.54, 1.807) is 12.1 Å². The first kappa shape index (κ1) is 19.5. The molecule has 1 N–H and O–H groups in total. The number of carbonyl (C=O) groups excluding carboxylic acids is 1. The van der Waals surface area contributed by atoms with Gasteiger partial charge < -0.3 is 9.84 Å². The van der Waals surface area contributed by atoms with Crippen molar-refractivity contribution in [3.63, 3.8) is 0 Å². The summed E-state index contributed by atoms with van der Waals surface area (Å²) in [6.07, 6.45) is -4.53. The van der Waals surface area contributed by atoms with Crippen LogP contribution in [0.25, 0.3) is 5.76 Å². The summed E-state index contributed by atoms with van der Waals surface area (Å²) in [5.41, 5.74) is -0.837. The van der Waals surface area contributed by atoms with Crippen LogP contribution in [0.5, 0.6) is 5.75 Å². The van der Waals surface area contributed by atoms with Gasteiger partial charge in [0.25, 0.3) is 5.78 Å². The zero-order valence-corrected chi connectivity index (χ0v) is 14.2. The van der Waals surface area contributed by atoms with Crippen LogP contribution in [0.15, 0.2) is 59.1 Å². The molecule has 0 aliphatic carbocycles. The molecule has 0 radical (unpaired) electrons. The Morgan fingerprint density at radius 3 is 2.31 bits per heavy atom. The highest BCUT2D eigenvalue weighted by Crippen LogP contribution is 2.28. The van der Waals surface area contributed by atoms with Crippen LogP contribution in [0.1, 0.15) is 5.56 Å². The molecule has 4 nitrogen and oxygen atoms in total. The Kier molecular flexibility index (Phi) is 6.05. The molecule has 0 amide bonds. The molecule has 26 heavy (non-hydrogen) atoms. The number of halogens is 4. The van der Waals surface area contributed by atoms with Crippen molar-refractivity contribution in [1.82, 2.24) is 0 Å². The fraction of sp³-hybridized carbons (Fsp3) is 0.111. The molecule has 0 fully saturated rings. The fourth-order valence-electron chi connectivity index (χ4n) is 1.97. The topological polar surface area (TPSA) is 58.9 Å². The number of carbonyl (C=O) groups is 1. The lowest BCUT2D eigenvalue weighted by Crippen LogP contribution is -2.26. The van der Waals surface area contributed by atoms with E-state index in [0.29, 0.717) is 12.0 Å². The molecule has 2 aromatic rings.